The van der Waals surface area contributed by atoms with Crippen LogP contribution in [0.5, 0.6) is 11.5 Å². The molecule has 1 aromatic carbocycles. The van der Waals surface area contributed by atoms with Crippen LogP contribution in [0.4, 0.5) is 0 Å². The molecule has 0 aliphatic rings. The minimum Gasteiger partial charge on any atom is -0.493 e. The van der Waals surface area contributed by atoms with Gasteiger partial charge in [-0.3, -0.25) is 0 Å². The Bertz CT molecular complexity index is 540. The Balaban J connectivity index is 0.00000144. The fraction of sp³-hybridized carbons (Fsp3) is 0.308. The van der Waals surface area contributed by atoms with E-state index >= 15 is 0 Å². The first-order valence-corrected chi connectivity index (χ1v) is 5.18. The summed E-state index contributed by atoms with van der Waals surface area (Å²) in [6.07, 6.45) is 2.05. The molecule has 4 heteroatoms. The van der Waals surface area contributed by atoms with Gasteiger partial charge in [0.15, 0.2) is 23.4 Å². The van der Waals surface area contributed by atoms with E-state index in [2.05, 4.69) is 17.6 Å². The first-order valence-electron chi connectivity index (χ1n) is 5.18. The van der Waals surface area contributed by atoms with Crippen LogP contribution in [0.25, 0.3) is 10.8 Å². The number of nitrogens with zero attached hydrogens (tertiary/aromatic N) is 1. The predicted molar refractivity (Wildman–Crippen MR) is 78.4 cm³/mol. The molecule has 0 saturated heterocycles. The summed E-state index contributed by atoms with van der Waals surface area (Å²) in [4.78, 5) is 0. The summed E-state index contributed by atoms with van der Waals surface area (Å²) in [6, 6.07) is 6.09. The summed E-state index contributed by atoms with van der Waals surface area (Å²) in [5.74, 6) is 1.53. The molecule has 1 heterocycles. The maximum absolute atomic E-state index is 5.30. The lowest BCUT2D eigenvalue weighted by atomic mass is 10.1. The second-order valence-corrected chi connectivity index (χ2v) is 3.81. The molecule has 0 unspecified atom stereocenters. The van der Waals surface area contributed by atoms with Gasteiger partial charge < -0.3 is 9.47 Å². The van der Waals surface area contributed by atoms with Gasteiger partial charge in [-0.2, -0.15) is 0 Å². The van der Waals surface area contributed by atoms with Crippen LogP contribution in [-0.4, -0.2) is 14.2 Å². The second kappa shape index (κ2) is 5.53. The Morgan fingerprint density at radius 1 is 1.06 bits per heavy atom. The van der Waals surface area contributed by atoms with Gasteiger partial charge in [-0.1, -0.05) is 0 Å². The Morgan fingerprint density at radius 3 is 2.24 bits per heavy atom. The number of hydrogen-bond acceptors (Lipinski definition) is 2. The normalized spacial score (nSPS) is 9.88. The lowest BCUT2D eigenvalue weighted by molar-refractivity contribution is -0.676. The highest BCUT2D eigenvalue weighted by Crippen LogP contribution is 2.32. The van der Waals surface area contributed by atoms with Gasteiger partial charge in [0.2, 0.25) is 0 Å². The highest BCUT2D eigenvalue weighted by molar-refractivity contribution is 14.0. The highest BCUT2D eigenvalue weighted by atomic mass is 127. The zero-order valence-corrected chi connectivity index (χ0v) is 12.8. The van der Waals surface area contributed by atoms with Crippen molar-refractivity contribution < 1.29 is 14.0 Å². The molecule has 0 bridgehead atoms. The van der Waals surface area contributed by atoms with Crippen LogP contribution < -0.4 is 14.0 Å². The van der Waals surface area contributed by atoms with Crippen molar-refractivity contribution in [2.45, 2.75) is 6.92 Å². The van der Waals surface area contributed by atoms with Gasteiger partial charge in [0.25, 0.3) is 0 Å². The summed E-state index contributed by atoms with van der Waals surface area (Å²) >= 11 is 0. The summed E-state index contributed by atoms with van der Waals surface area (Å²) < 4.78 is 12.7. The van der Waals surface area contributed by atoms with Gasteiger partial charge in [-0.05, 0) is 17.5 Å². The third kappa shape index (κ3) is 2.46. The van der Waals surface area contributed by atoms with E-state index in [1.165, 1.54) is 11.1 Å². The van der Waals surface area contributed by atoms with Gasteiger partial charge in [0, 0.05) is 13.0 Å². The van der Waals surface area contributed by atoms with Crippen LogP contribution in [0.1, 0.15) is 5.69 Å². The Labute approximate surface area is 118 Å². The molecule has 0 fully saturated rings. The molecular weight excluding hydrogens is 329 g/mol. The fourth-order valence-corrected chi connectivity index (χ4v) is 1.84. The molecule has 2 rings (SSSR count). The number of hydrogen-bond donors (Lipinski definition) is 0. The van der Waals surface area contributed by atoms with Gasteiger partial charge in [0.1, 0.15) is 7.05 Å². The van der Waals surface area contributed by atoms with Crippen LogP contribution in [0.2, 0.25) is 0 Å². The average Bonchev–Trinajstić information content (AvgIpc) is 2.32. The molecule has 0 atom stereocenters. The summed E-state index contributed by atoms with van der Waals surface area (Å²) in [6.45, 7) is 2.09. The van der Waals surface area contributed by atoms with Crippen LogP contribution in [-0.2, 0) is 7.05 Å². The number of aromatic nitrogens is 1. The van der Waals surface area contributed by atoms with Crippen molar-refractivity contribution in [3.8, 4) is 11.5 Å². The number of ether oxygens (including phenoxy) is 2. The van der Waals surface area contributed by atoms with E-state index in [1.807, 2.05) is 25.4 Å². The molecule has 0 saturated carbocycles. The van der Waals surface area contributed by atoms with Crippen molar-refractivity contribution in [1.29, 1.82) is 0 Å². The fourth-order valence-electron chi connectivity index (χ4n) is 1.84. The summed E-state index contributed by atoms with van der Waals surface area (Å²) in [5, 5.41) is 2.34. The van der Waals surface area contributed by atoms with Gasteiger partial charge in [-0.15, -0.1) is 24.0 Å². The van der Waals surface area contributed by atoms with Crippen LogP contribution in [0.3, 0.4) is 0 Å². The molecule has 3 nitrogen and oxygen atoms in total. The molecule has 17 heavy (non-hydrogen) atoms. The zero-order chi connectivity index (χ0) is 11.7. The van der Waals surface area contributed by atoms with E-state index in [-0.39, 0.29) is 24.0 Å². The SMILES string of the molecule is COc1cc2cc[n+](C)c(C)c2cc1OC.I. The Kier molecular flexibility index (Phi) is 4.56. The Hall–Kier alpha value is -1.04. The van der Waals surface area contributed by atoms with Crippen LogP contribution in [0, 0.1) is 6.92 Å². The minimum absolute atomic E-state index is 0. The zero-order valence-electron chi connectivity index (χ0n) is 10.5. The maximum atomic E-state index is 5.30. The largest absolute Gasteiger partial charge is 0.493 e. The number of aryl methyl sites for hydroxylation is 2. The number of halogens is 1. The van der Waals surface area contributed by atoms with E-state index in [9.17, 15) is 0 Å². The average molecular weight is 346 g/mol. The van der Waals surface area contributed by atoms with Crippen LogP contribution in [0.15, 0.2) is 24.4 Å². The summed E-state index contributed by atoms with van der Waals surface area (Å²) in [5.41, 5.74) is 1.21. The first kappa shape index (κ1) is 14.0. The van der Waals surface area contributed by atoms with Gasteiger partial charge >= 0.3 is 0 Å². The lowest BCUT2D eigenvalue weighted by Crippen LogP contribution is -2.31. The van der Waals surface area contributed by atoms with Crippen molar-refractivity contribution in [1.82, 2.24) is 0 Å². The number of rotatable bonds is 2. The van der Waals surface area contributed by atoms with Crippen molar-refractivity contribution >= 4 is 34.7 Å². The highest BCUT2D eigenvalue weighted by Gasteiger charge is 2.11. The maximum Gasteiger partial charge on any atom is 0.185 e. The molecule has 0 aliphatic carbocycles. The van der Waals surface area contributed by atoms with E-state index < -0.39 is 0 Å². The first-order chi connectivity index (χ1) is 7.67. The van der Waals surface area contributed by atoms with E-state index in [1.54, 1.807) is 14.2 Å². The van der Waals surface area contributed by atoms with Crippen LogP contribution >= 0.6 is 24.0 Å². The Morgan fingerprint density at radius 2 is 1.65 bits per heavy atom. The standard InChI is InChI=1S/C13H16NO2.HI/c1-9-11-8-13(16-4)12(15-3)7-10(11)5-6-14(9)2;/h5-8H,1-4H3;1H/q+1;. The number of pyridine rings is 1. The van der Waals surface area contributed by atoms with Gasteiger partial charge in [0.05, 0.1) is 19.6 Å². The lowest BCUT2D eigenvalue weighted by Gasteiger charge is -2.09. The molecule has 0 amide bonds. The molecule has 92 valence electrons. The van der Waals surface area contributed by atoms with E-state index in [0.717, 1.165) is 16.9 Å². The van der Waals surface area contributed by atoms with Crippen molar-refractivity contribution in [2.24, 2.45) is 7.05 Å². The molecule has 0 N–H and O–H groups in total. The minimum atomic E-state index is 0. The van der Waals surface area contributed by atoms with Crippen molar-refractivity contribution in [3.63, 3.8) is 0 Å². The molecule has 0 aliphatic heterocycles. The van der Waals surface area contributed by atoms with E-state index in [0.29, 0.717) is 0 Å². The third-order valence-electron chi connectivity index (χ3n) is 2.95. The molecule has 0 radical (unpaired) electrons. The monoisotopic (exact) mass is 346 g/mol. The molecule has 0 spiro atoms. The summed E-state index contributed by atoms with van der Waals surface area (Å²) in [7, 11) is 5.34. The quantitative estimate of drug-likeness (QED) is 0.616. The van der Waals surface area contributed by atoms with Crippen molar-refractivity contribution in [2.75, 3.05) is 14.2 Å². The number of methoxy groups -OCH3 is 2. The molecular formula is C13H17INO2+. The predicted octanol–water partition coefficient (Wildman–Crippen LogP) is 2.61. The smallest absolute Gasteiger partial charge is 0.185 e. The molecule has 1 aromatic heterocycles. The molecule has 2 aromatic rings. The van der Waals surface area contributed by atoms with Gasteiger partial charge in [-0.25, -0.2) is 4.57 Å². The second-order valence-electron chi connectivity index (χ2n) is 3.81. The van der Waals surface area contributed by atoms with Crippen molar-refractivity contribution in [3.05, 3.63) is 30.1 Å². The van der Waals surface area contributed by atoms with E-state index in [4.69, 9.17) is 9.47 Å². The number of fused-ring (bicyclic) bond motifs is 1. The number of benzene rings is 1. The third-order valence-corrected chi connectivity index (χ3v) is 2.95. The topological polar surface area (TPSA) is 22.3 Å².